The highest BCUT2D eigenvalue weighted by Gasteiger charge is 2.09. The molecule has 0 amide bonds. The molecule has 1 fully saturated rings. The number of nitrogens with zero attached hydrogens (tertiary/aromatic N) is 1. The lowest BCUT2D eigenvalue weighted by molar-refractivity contribution is 0.0389. The molecular weight excluding hydrogens is 332 g/mol. The van der Waals surface area contributed by atoms with Crippen molar-refractivity contribution in [3.63, 3.8) is 0 Å². The fraction of sp³-hybridized carbons (Fsp3) is 0.350. The molecule has 3 rings (SSSR count). The van der Waals surface area contributed by atoms with Crippen LogP contribution in [0, 0.1) is 0 Å². The molecule has 2 aromatic rings. The first-order chi connectivity index (χ1) is 12.3. The maximum absolute atomic E-state index is 5.81. The minimum absolute atomic E-state index is 0.572. The molecule has 2 aromatic carbocycles. The molecule has 5 heteroatoms. The van der Waals surface area contributed by atoms with Gasteiger partial charge in [0.25, 0.3) is 0 Å². The molecule has 1 heterocycles. The van der Waals surface area contributed by atoms with Gasteiger partial charge in [0.15, 0.2) is 0 Å². The van der Waals surface area contributed by atoms with E-state index in [0.29, 0.717) is 6.61 Å². The minimum Gasteiger partial charge on any atom is -0.489 e. The number of hydrogen-bond acceptors (Lipinski definition) is 4. The summed E-state index contributed by atoms with van der Waals surface area (Å²) in [5, 5.41) is 3.33. The van der Waals surface area contributed by atoms with E-state index >= 15 is 0 Å². The summed E-state index contributed by atoms with van der Waals surface area (Å²) < 4.78 is 11.2. The van der Waals surface area contributed by atoms with E-state index in [1.807, 2.05) is 42.5 Å². The maximum atomic E-state index is 5.81. The highest BCUT2D eigenvalue weighted by molar-refractivity contribution is 7.80. The molecule has 1 aliphatic heterocycles. The Morgan fingerprint density at radius 1 is 1.04 bits per heavy atom. The Kier molecular flexibility index (Phi) is 6.79. The van der Waals surface area contributed by atoms with E-state index in [9.17, 15) is 0 Å². The van der Waals surface area contributed by atoms with Gasteiger partial charge in [0.2, 0.25) is 0 Å². The fourth-order valence-electron chi connectivity index (χ4n) is 2.70. The number of hydrogen-bond donors (Lipinski definition) is 1. The van der Waals surface area contributed by atoms with Gasteiger partial charge in [0.1, 0.15) is 17.3 Å². The lowest BCUT2D eigenvalue weighted by atomic mass is 10.2. The molecule has 0 atom stereocenters. The molecule has 4 nitrogen and oxygen atoms in total. The molecule has 1 aliphatic rings. The lowest BCUT2D eigenvalue weighted by Gasteiger charge is -2.26. The van der Waals surface area contributed by atoms with E-state index in [1.54, 1.807) is 0 Å². The Morgan fingerprint density at radius 2 is 1.76 bits per heavy atom. The maximum Gasteiger partial charge on any atom is 0.119 e. The van der Waals surface area contributed by atoms with Gasteiger partial charge in [-0.15, -0.1) is 0 Å². The van der Waals surface area contributed by atoms with Gasteiger partial charge in [-0.1, -0.05) is 42.5 Å². The van der Waals surface area contributed by atoms with Crippen molar-refractivity contribution in [3.8, 4) is 5.75 Å². The lowest BCUT2D eigenvalue weighted by Crippen LogP contribution is -2.41. The summed E-state index contributed by atoms with van der Waals surface area (Å²) >= 11 is 5.48. The Labute approximate surface area is 154 Å². The molecule has 0 spiro atoms. The summed E-state index contributed by atoms with van der Waals surface area (Å²) in [6, 6.07) is 18.1. The van der Waals surface area contributed by atoms with Crippen LogP contribution in [0.5, 0.6) is 5.75 Å². The minimum atomic E-state index is 0.572. The number of ether oxygens (including phenoxy) is 2. The summed E-state index contributed by atoms with van der Waals surface area (Å²) in [6.07, 6.45) is 0. The Hall–Kier alpha value is -1.95. The molecule has 25 heavy (non-hydrogen) atoms. The quantitative estimate of drug-likeness (QED) is 0.772. The third-order valence-corrected chi connectivity index (χ3v) is 4.56. The smallest absolute Gasteiger partial charge is 0.119 e. The second-order valence-corrected chi connectivity index (χ2v) is 6.42. The van der Waals surface area contributed by atoms with Gasteiger partial charge in [-0.25, -0.2) is 0 Å². The van der Waals surface area contributed by atoms with E-state index in [1.165, 1.54) is 0 Å². The highest BCUT2D eigenvalue weighted by atomic mass is 32.1. The van der Waals surface area contributed by atoms with Gasteiger partial charge in [0, 0.05) is 31.7 Å². The van der Waals surface area contributed by atoms with Crippen LogP contribution in [0.1, 0.15) is 11.1 Å². The summed E-state index contributed by atoms with van der Waals surface area (Å²) in [4.78, 5) is 3.17. The zero-order chi connectivity index (χ0) is 17.3. The predicted molar refractivity (Wildman–Crippen MR) is 104 cm³/mol. The highest BCUT2D eigenvalue weighted by Crippen LogP contribution is 2.14. The third kappa shape index (κ3) is 5.81. The Bertz CT molecular complexity index is 655. The number of benzene rings is 2. The monoisotopic (exact) mass is 356 g/mol. The summed E-state index contributed by atoms with van der Waals surface area (Å²) in [7, 11) is 0. The van der Waals surface area contributed by atoms with Crippen LogP contribution in [-0.4, -0.2) is 49.3 Å². The van der Waals surface area contributed by atoms with Gasteiger partial charge >= 0.3 is 0 Å². The Balaban J connectivity index is 1.42. The van der Waals surface area contributed by atoms with Crippen molar-refractivity contribution in [1.82, 2.24) is 10.2 Å². The van der Waals surface area contributed by atoms with E-state index in [-0.39, 0.29) is 0 Å². The van der Waals surface area contributed by atoms with Crippen molar-refractivity contribution in [3.05, 3.63) is 65.7 Å². The standard InChI is InChI=1S/C20H24N2O2S/c25-20(21-10-11-22-12-14-23-15-13-22)18-6-8-19(9-7-18)24-16-17-4-2-1-3-5-17/h1-9H,10-16H2,(H,21,25). The molecular formula is C20H24N2O2S. The summed E-state index contributed by atoms with van der Waals surface area (Å²) in [5.41, 5.74) is 2.18. The SMILES string of the molecule is S=C(NCCN1CCOCC1)c1ccc(OCc2ccccc2)cc1. The van der Waals surface area contributed by atoms with Crippen molar-refractivity contribution in [2.75, 3.05) is 39.4 Å². The van der Waals surface area contributed by atoms with Crippen LogP contribution in [0.2, 0.25) is 0 Å². The third-order valence-electron chi connectivity index (χ3n) is 4.18. The molecule has 0 bridgehead atoms. The summed E-state index contributed by atoms with van der Waals surface area (Å²) in [6.45, 7) is 6.07. The van der Waals surface area contributed by atoms with Crippen LogP contribution in [0.15, 0.2) is 54.6 Å². The summed E-state index contributed by atoms with van der Waals surface area (Å²) in [5.74, 6) is 0.851. The van der Waals surface area contributed by atoms with Crippen molar-refractivity contribution >= 4 is 17.2 Å². The molecule has 0 aliphatic carbocycles. The van der Waals surface area contributed by atoms with Crippen molar-refractivity contribution in [2.24, 2.45) is 0 Å². The molecule has 1 saturated heterocycles. The molecule has 0 radical (unpaired) electrons. The van der Waals surface area contributed by atoms with Gasteiger partial charge in [0.05, 0.1) is 13.2 Å². The van der Waals surface area contributed by atoms with E-state index in [0.717, 1.165) is 61.3 Å². The van der Waals surface area contributed by atoms with Crippen molar-refractivity contribution in [2.45, 2.75) is 6.61 Å². The van der Waals surface area contributed by atoms with Gasteiger partial charge in [-0.2, -0.15) is 0 Å². The molecule has 0 saturated carbocycles. The second kappa shape index (κ2) is 9.51. The van der Waals surface area contributed by atoms with Crippen molar-refractivity contribution < 1.29 is 9.47 Å². The normalized spacial score (nSPS) is 14.9. The predicted octanol–water partition coefficient (Wildman–Crippen LogP) is 2.86. The Morgan fingerprint density at radius 3 is 2.48 bits per heavy atom. The van der Waals surface area contributed by atoms with Gasteiger partial charge in [-0.3, -0.25) is 4.90 Å². The second-order valence-electron chi connectivity index (χ2n) is 6.01. The van der Waals surface area contributed by atoms with Crippen LogP contribution in [0.3, 0.4) is 0 Å². The van der Waals surface area contributed by atoms with Gasteiger partial charge < -0.3 is 14.8 Å². The first kappa shape index (κ1) is 17.9. The molecule has 0 unspecified atom stereocenters. The fourth-order valence-corrected chi connectivity index (χ4v) is 2.94. The van der Waals surface area contributed by atoms with Crippen LogP contribution >= 0.6 is 12.2 Å². The topological polar surface area (TPSA) is 33.7 Å². The van der Waals surface area contributed by atoms with Crippen LogP contribution in [-0.2, 0) is 11.3 Å². The first-order valence-electron chi connectivity index (χ1n) is 8.66. The molecule has 1 N–H and O–H groups in total. The zero-order valence-corrected chi connectivity index (χ0v) is 15.1. The molecule has 0 aromatic heterocycles. The zero-order valence-electron chi connectivity index (χ0n) is 14.3. The van der Waals surface area contributed by atoms with E-state index in [4.69, 9.17) is 21.7 Å². The van der Waals surface area contributed by atoms with Crippen LogP contribution < -0.4 is 10.1 Å². The van der Waals surface area contributed by atoms with Crippen LogP contribution in [0.4, 0.5) is 0 Å². The average Bonchev–Trinajstić information content (AvgIpc) is 2.68. The van der Waals surface area contributed by atoms with Crippen molar-refractivity contribution in [1.29, 1.82) is 0 Å². The number of nitrogens with one attached hydrogen (secondary N) is 1. The largest absolute Gasteiger partial charge is 0.489 e. The average molecular weight is 356 g/mol. The first-order valence-corrected chi connectivity index (χ1v) is 9.07. The number of thiocarbonyl (C=S) groups is 1. The number of morpholine rings is 1. The number of rotatable bonds is 7. The van der Waals surface area contributed by atoms with E-state index in [2.05, 4.69) is 22.3 Å². The van der Waals surface area contributed by atoms with Gasteiger partial charge in [-0.05, 0) is 29.8 Å². The van der Waals surface area contributed by atoms with Crippen LogP contribution in [0.25, 0.3) is 0 Å². The van der Waals surface area contributed by atoms with E-state index < -0.39 is 0 Å². The molecule has 132 valence electrons.